The third kappa shape index (κ3) is 5.10. The van der Waals surface area contributed by atoms with Crippen molar-refractivity contribution in [3.63, 3.8) is 0 Å². The van der Waals surface area contributed by atoms with Crippen LogP contribution in [0.3, 0.4) is 0 Å². The van der Waals surface area contributed by atoms with E-state index in [0.29, 0.717) is 17.2 Å². The molecule has 0 saturated heterocycles. The molecule has 1 aromatic heterocycles. The van der Waals surface area contributed by atoms with Crippen LogP contribution < -0.4 is 5.32 Å². The van der Waals surface area contributed by atoms with E-state index in [1.165, 1.54) is 22.2 Å². The summed E-state index contributed by atoms with van der Waals surface area (Å²) in [6.45, 7) is 4.32. The van der Waals surface area contributed by atoms with Gasteiger partial charge in [0.1, 0.15) is 0 Å². The van der Waals surface area contributed by atoms with Crippen molar-refractivity contribution in [1.29, 1.82) is 0 Å². The number of para-hydroxylation sites is 1. The van der Waals surface area contributed by atoms with E-state index in [0.717, 1.165) is 10.8 Å². The molecule has 0 fully saturated rings. The Kier molecular flexibility index (Phi) is 6.95. The first-order valence-electron chi connectivity index (χ1n) is 9.74. The molecule has 0 unspecified atom stereocenters. The molecule has 0 spiro atoms. The van der Waals surface area contributed by atoms with Crippen molar-refractivity contribution in [2.75, 3.05) is 25.2 Å². The third-order valence-electron chi connectivity index (χ3n) is 4.58. The molecule has 30 heavy (non-hydrogen) atoms. The van der Waals surface area contributed by atoms with E-state index in [1.807, 2.05) is 22.9 Å². The molecule has 6 nitrogen and oxygen atoms in total. The number of carbonyl (C=O) groups is 2. The number of hydrogen-bond donors (Lipinski definition) is 1. The second-order valence-electron chi connectivity index (χ2n) is 7.41. The number of benzene rings is 2. The fourth-order valence-electron chi connectivity index (χ4n) is 3.06. The van der Waals surface area contributed by atoms with Gasteiger partial charge in [0.15, 0.2) is 5.16 Å². The van der Waals surface area contributed by atoms with Crippen LogP contribution in [-0.2, 0) is 4.79 Å². The van der Waals surface area contributed by atoms with Crippen LogP contribution in [0.4, 0.5) is 5.69 Å². The van der Waals surface area contributed by atoms with E-state index in [4.69, 9.17) is 0 Å². The van der Waals surface area contributed by atoms with Crippen LogP contribution in [0.15, 0.2) is 66.1 Å². The van der Waals surface area contributed by atoms with Crippen molar-refractivity contribution < 1.29 is 9.59 Å². The van der Waals surface area contributed by atoms with Gasteiger partial charge in [0.25, 0.3) is 5.91 Å². The van der Waals surface area contributed by atoms with Crippen LogP contribution in [0.1, 0.15) is 35.7 Å². The lowest BCUT2D eigenvalue weighted by atomic mass is 10.0. The predicted octanol–water partition coefficient (Wildman–Crippen LogP) is 4.43. The van der Waals surface area contributed by atoms with Crippen LogP contribution in [0.2, 0.25) is 0 Å². The van der Waals surface area contributed by atoms with Gasteiger partial charge in [-0.1, -0.05) is 43.8 Å². The van der Waals surface area contributed by atoms with Gasteiger partial charge >= 0.3 is 0 Å². The van der Waals surface area contributed by atoms with Gasteiger partial charge in [-0.15, -0.1) is 0 Å². The van der Waals surface area contributed by atoms with Crippen molar-refractivity contribution >= 4 is 29.3 Å². The van der Waals surface area contributed by atoms with Crippen LogP contribution in [0.5, 0.6) is 0 Å². The maximum Gasteiger partial charge on any atom is 0.253 e. The molecule has 3 rings (SSSR count). The highest BCUT2D eigenvalue weighted by molar-refractivity contribution is 7.99. The molecular formula is C23H26N4O2S. The van der Waals surface area contributed by atoms with Gasteiger partial charge in [-0.3, -0.25) is 14.2 Å². The molecule has 0 saturated carbocycles. The summed E-state index contributed by atoms with van der Waals surface area (Å²) < 4.78 is 2.02. The Morgan fingerprint density at radius 1 is 1.10 bits per heavy atom. The number of imidazole rings is 1. The Hall–Kier alpha value is -3.06. The summed E-state index contributed by atoms with van der Waals surface area (Å²) in [6, 6.07) is 15.1. The van der Waals surface area contributed by atoms with E-state index in [2.05, 4.69) is 36.3 Å². The fraction of sp³-hybridized carbons (Fsp3) is 0.261. The minimum absolute atomic E-state index is 0.0723. The van der Waals surface area contributed by atoms with Crippen molar-refractivity contribution in [2.45, 2.75) is 24.9 Å². The van der Waals surface area contributed by atoms with Gasteiger partial charge < -0.3 is 10.2 Å². The zero-order chi connectivity index (χ0) is 21.7. The number of rotatable bonds is 7. The van der Waals surface area contributed by atoms with Gasteiger partial charge in [0, 0.05) is 37.7 Å². The number of nitrogens with zero attached hydrogens (tertiary/aromatic N) is 3. The molecule has 156 valence electrons. The van der Waals surface area contributed by atoms with Crippen LogP contribution in [0, 0.1) is 0 Å². The number of anilines is 1. The quantitative estimate of drug-likeness (QED) is 0.572. The van der Waals surface area contributed by atoms with E-state index < -0.39 is 0 Å². The molecule has 0 bridgehead atoms. The van der Waals surface area contributed by atoms with Crippen LogP contribution >= 0.6 is 11.8 Å². The lowest BCUT2D eigenvalue weighted by Crippen LogP contribution is -2.21. The van der Waals surface area contributed by atoms with Crippen molar-refractivity contribution in [3.8, 4) is 5.69 Å². The molecule has 0 atom stereocenters. The summed E-state index contributed by atoms with van der Waals surface area (Å²) in [5.74, 6) is 0.418. The first kappa shape index (κ1) is 21.6. The topological polar surface area (TPSA) is 67.2 Å². The summed E-state index contributed by atoms with van der Waals surface area (Å²) in [7, 11) is 3.41. The van der Waals surface area contributed by atoms with Crippen molar-refractivity contribution in [1.82, 2.24) is 14.5 Å². The highest BCUT2D eigenvalue weighted by Gasteiger charge is 2.14. The maximum absolute atomic E-state index is 12.4. The van der Waals surface area contributed by atoms with Crippen LogP contribution in [-0.4, -0.2) is 46.1 Å². The number of aromatic nitrogens is 2. The molecule has 7 heteroatoms. The summed E-state index contributed by atoms with van der Waals surface area (Å²) in [5, 5.41) is 3.64. The lowest BCUT2D eigenvalue weighted by molar-refractivity contribution is -0.113. The van der Waals surface area contributed by atoms with Crippen LogP contribution in [0.25, 0.3) is 5.69 Å². The minimum Gasteiger partial charge on any atom is -0.345 e. The molecular weight excluding hydrogens is 396 g/mol. The largest absolute Gasteiger partial charge is 0.345 e. The number of nitrogens with one attached hydrogen (secondary N) is 1. The summed E-state index contributed by atoms with van der Waals surface area (Å²) >= 11 is 1.39. The second kappa shape index (κ2) is 9.63. The standard InChI is InChI=1S/C23H26N4O2S/c1-16(2)19-7-5-6-8-20(19)27-14-13-24-23(27)30-15-21(28)25-18-11-9-17(10-12-18)22(29)26(3)4/h5-14,16H,15H2,1-4H3,(H,25,28). The summed E-state index contributed by atoms with van der Waals surface area (Å²) in [4.78, 5) is 30.3. The zero-order valence-electron chi connectivity index (χ0n) is 17.6. The Morgan fingerprint density at radius 3 is 2.47 bits per heavy atom. The number of hydrogen-bond acceptors (Lipinski definition) is 4. The smallest absolute Gasteiger partial charge is 0.253 e. The zero-order valence-corrected chi connectivity index (χ0v) is 18.4. The molecule has 2 aromatic carbocycles. The van der Waals surface area contributed by atoms with Gasteiger partial charge in [-0.2, -0.15) is 0 Å². The van der Waals surface area contributed by atoms with E-state index in [1.54, 1.807) is 44.6 Å². The summed E-state index contributed by atoms with van der Waals surface area (Å²) in [5.41, 5.74) is 3.55. The lowest BCUT2D eigenvalue weighted by Gasteiger charge is -2.15. The third-order valence-corrected chi connectivity index (χ3v) is 5.55. The van der Waals surface area contributed by atoms with Gasteiger partial charge in [-0.25, -0.2) is 4.98 Å². The highest BCUT2D eigenvalue weighted by Crippen LogP contribution is 2.27. The molecule has 0 aliphatic heterocycles. The number of carbonyl (C=O) groups excluding carboxylic acids is 2. The summed E-state index contributed by atoms with van der Waals surface area (Å²) in [6.07, 6.45) is 3.67. The highest BCUT2D eigenvalue weighted by atomic mass is 32.2. The second-order valence-corrected chi connectivity index (χ2v) is 8.35. The Morgan fingerprint density at radius 2 is 1.80 bits per heavy atom. The SMILES string of the molecule is CC(C)c1ccccc1-n1ccnc1SCC(=O)Nc1ccc(C(=O)N(C)C)cc1. The average molecular weight is 423 g/mol. The van der Waals surface area contributed by atoms with Gasteiger partial charge in [-0.05, 0) is 41.8 Å². The molecule has 2 amide bonds. The molecule has 3 aromatic rings. The van der Waals surface area contributed by atoms with Crippen molar-refractivity contribution in [2.24, 2.45) is 0 Å². The fourth-order valence-corrected chi connectivity index (χ4v) is 3.82. The molecule has 1 heterocycles. The van der Waals surface area contributed by atoms with E-state index >= 15 is 0 Å². The van der Waals surface area contributed by atoms with E-state index in [-0.39, 0.29) is 17.6 Å². The van der Waals surface area contributed by atoms with Crippen molar-refractivity contribution in [3.05, 3.63) is 72.1 Å². The molecule has 1 N–H and O–H groups in total. The molecule has 0 radical (unpaired) electrons. The molecule has 0 aliphatic rings. The Labute approximate surface area is 181 Å². The first-order chi connectivity index (χ1) is 14.4. The van der Waals surface area contributed by atoms with E-state index in [9.17, 15) is 9.59 Å². The maximum atomic E-state index is 12.4. The minimum atomic E-state index is -0.126. The van der Waals surface area contributed by atoms with Gasteiger partial charge in [0.05, 0.1) is 11.4 Å². The first-order valence-corrected chi connectivity index (χ1v) is 10.7. The number of thioether (sulfide) groups is 1. The Bertz CT molecular complexity index is 1030. The number of amides is 2. The predicted molar refractivity (Wildman–Crippen MR) is 121 cm³/mol. The normalized spacial score (nSPS) is 10.8. The average Bonchev–Trinajstić information content (AvgIpc) is 3.20. The monoisotopic (exact) mass is 422 g/mol. The molecule has 0 aliphatic carbocycles. The Balaban J connectivity index is 1.64. The van der Waals surface area contributed by atoms with Gasteiger partial charge in [0.2, 0.25) is 5.91 Å².